The van der Waals surface area contributed by atoms with Crippen molar-refractivity contribution in [2.45, 2.75) is 6.18 Å². The van der Waals surface area contributed by atoms with Crippen LogP contribution < -0.4 is 11.1 Å². The molecule has 0 saturated heterocycles. The fraction of sp³-hybridized carbons (Fsp3) is 0.0588. The number of aromatic nitrogens is 3. The van der Waals surface area contributed by atoms with Crippen molar-refractivity contribution in [3.8, 4) is 5.69 Å². The van der Waals surface area contributed by atoms with Gasteiger partial charge < -0.3 is 11.1 Å². The quantitative estimate of drug-likeness (QED) is 0.645. The Labute approximate surface area is 158 Å². The highest BCUT2D eigenvalue weighted by molar-refractivity contribution is 6.04. The number of nitrogens with one attached hydrogen (secondary N) is 1. The number of hydrogen-bond donors (Lipinski definition) is 2. The lowest BCUT2D eigenvalue weighted by Gasteiger charge is -2.11. The Bertz CT molecular complexity index is 1090. The van der Waals surface area contributed by atoms with Gasteiger partial charge >= 0.3 is 6.18 Å². The molecule has 29 heavy (non-hydrogen) atoms. The van der Waals surface area contributed by atoms with E-state index in [1.54, 1.807) is 0 Å². The van der Waals surface area contributed by atoms with E-state index in [2.05, 4.69) is 15.6 Å². The summed E-state index contributed by atoms with van der Waals surface area (Å²) >= 11 is 0. The fourth-order valence-corrected chi connectivity index (χ4v) is 2.43. The van der Waals surface area contributed by atoms with Gasteiger partial charge in [-0.15, -0.1) is 5.10 Å². The largest absolute Gasteiger partial charge is 0.435 e. The Morgan fingerprint density at radius 1 is 1.03 bits per heavy atom. The SMILES string of the molecule is NC(=O)c1cc(NC(=O)c2nnn(-c3ccc(F)cc3)c2C(F)(F)F)ccc1F. The second kappa shape index (κ2) is 7.30. The molecule has 0 bridgehead atoms. The molecule has 0 aliphatic heterocycles. The first-order chi connectivity index (χ1) is 13.6. The Hall–Kier alpha value is -3.83. The number of halogens is 5. The van der Waals surface area contributed by atoms with Crippen LogP contribution in [0, 0.1) is 11.6 Å². The van der Waals surface area contributed by atoms with E-state index < -0.39 is 46.6 Å². The molecule has 2 aromatic carbocycles. The van der Waals surface area contributed by atoms with Gasteiger partial charge in [0.15, 0.2) is 11.4 Å². The molecular weight excluding hydrogens is 401 g/mol. The summed E-state index contributed by atoms with van der Waals surface area (Å²) < 4.78 is 67.6. The van der Waals surface area contributed by atoms with Crippen LogP contribution in [0.3, 0.4) is 0 Å². The van der Waals surface area contributed by atoms with Crippen molar-refractivity contribution in [1.29, 1.82) is 0 Å². The lowest BCUT2D eigenvalue weighted by atomic mass is 10.1. The lowest BCUT2D eigenvalue weighted by Crippen LogP contribution is -2.21. The van der Waals surface area contributed by atoms with Gasteiger partial charge in [0.25, 0.3) is 11.8 Å². The van der Waals surface area contributed by atoms with Gasteiger partial charge in [0.2, 0.25) is 0 Å². The number of carbonyl (C=O) groups excluding carboxylic acids is 2. The number of rotatable bonds is 4. The van der Waals surface area contributed by atoms with E-state index in [4.69, 9.17) is 5.73 Å². The maximum Gasteiger partial charge on any atom is 0.435 e. The summed E-state index contributed by atoms with van der Waals surface area (Å²) in [6.45, 7) is 0. The molecule has 0 saturated carbocycles. The highest BCUT2D eigenvalue weighted by Gasteiger charge is 2.42. The highest BCUT2D eigenvalue weighted by Crippen LogP contribution is 2.33. The van der Waals surface area contributed by atoms with Crippen molar-refractivity contribution < 1.29 is 31.5 Å². The molecule has 3 rings (SSSR count). The molecule has 3 aromatic rings. The van der Waals surface area contributed by atoms with E-state index in [-0.39, 0.29) is 11.4 Å². The maximum absolute atomic E-state index is 13.6. The Morgan fingerprint density at radius 2 is 1.69 bits per heavy atom. The smallest absolute Gasteiger partial charge is 0.366 e. The van der Waals surface area contributed by atoms with Gasteiger partial charge in [-0.3, -0.25) is 9.59 Å². The van der Waals surface area contributed by atoms with E-state index in [1.165, 1.54) is 0 Å². The summed E-state index contributed by atoms with van der Waals surface area (Å²) in [4.78, 5) is 23.5. The first-order valence-corrected chi connectivity index (χ1v) is 7.77. The third-order valence-corrected chi connectivity index (χ3v) is 3.71. The molecule has 12 heteroatoms. The number of hydrogen-bond acceptors (Lipinski definition) is 4. The van der Waals surface area contributed by atoms with E-state index in [9.17, 15) is 31.5 Å². The van der Waals surface area contributed by atoms with Crippen molar-refractivity contribution in [2.24, 2.45) is 5.73 Å². The third kappa shape index (κ3) is 4.05. The minimum atomic E-state index is -5.04. The van der Waals surface area contributed by atoms with Gasteiger partial charge in [-0.05, 0) is 42.5 Å². The number of primary amides is 1. The van der Waals surface area contributed by atoms with Crippen LogP contribution in [0.1, 0.15) is 26.5 Å². The molecule has 1 aromatic heterocycles. The maximum atomic E-state index is 13.6. The first kappa shape index (κ1) is 19.9. The van der Waals surface area contributed by atoms with Crippen LogP contribution in [0.25, 0.3) is 5.69 Å². The number of alkyl halides is 3. The van der Waals surface area contributed by atoms with Crippen LogP contribution in [0.2, 0.25) is 0 Å². The Balaban J connectivity index is 2.00. The summed E-state index contributed by atoms with van der Waals surface area (Å²) in [5, 5.41) is 8.69. The molecule has 0 spiro atoms. The molecule has 0 radical (unpaired) electrons. The van der Waals surface area contributed by atoms with Crippen molar-refractivity contribution >= 4 is 17.5 Å². The molecule has 7 nitrogen and oxygen atoms in total. The monoisotopic (exact) mass is 411 g/mol. The van der Waals surface area contributed by atoms with Crippen LogP contribution in [0.15, 0.2) is 42.5 Å². The van der Waals surface area contributed by atoms with Crippen molar-refractivity contribution in [1.82, 2.24) is 15.0 Å². The summed E-state index contributed by atoms with van der Waals surface area (Å²) in [5.41, 5.74) is 1.49. The molecule has 0 aliphatic rings. The van der Waals surface area contributed by atoms with Gasteiger partial charge in [0.1, 0.15) is 11.6 Å². The zero-order valence-corrected chi connectivity index (χ0v) is 14.2. The summed E-state index contributed by atoms with van der Waals surface area (Å²) in [6, 6.07) is 6.60. The number of nitrogens with two attached hydrogens (primary N) is 1. The van der Waals surface area contributed by atoms with Crippen LogP contribution in [0.4, 0.5) is 27.6 Å². The summed E-state index contributed by atoms with van der Waals surface area (Å²) in [5.74, 6) is -4.08. The molecule has 3 N–H and O–H groups in total. The predicted octanol–water partition coefficient (Wildman–Crippen LogP) is 2.92. The Kier molecular flexibility index (Phi) is 5.01. The molecule has 0 unspecified atom stereocenters. The lowest BCUT2D eigenvalue weighted by molar-refractivity contribution is -0.143. The van der Waals surface area contributed by atoms with Gasteiger partial charge in [0.05, 0.1) is 11.3 Å². The van der Waals surface area contributed by atoms with Gasteiger partial charge in [0, 0.05) is 5.69 Å². The topological polar surface area (TPSA) is 103 Å². The van der Waals surface area contributed by atoms with E-state index in [1.807, 2.05) is 0 Å². The van der Waals surface area contributed by atoms with Gasteiger partial charge in [-0.1, -0.05) is 5.21 Å². The molecule has 0 atom stereocenters. The fourth-order valence-electron chi connectivity index (χ4n) is 2.43. The minimum Gasteiger partial charge on any atom is -0.366 e. The predicted molar refractivity (Wildman–Crippen MR) is 89.2 cm³/mol. The second-order valence-electron chi connectivity index (χ2n) is 5.69. The number of nitrogens with zero attached hydrogens (tertiary/aromatic N) is 3. The zero-order chi connectivity index (χ0) is 21.3. The third-order valence-electron chi connectivity index (χ3n) is 3.71. The van der Waals surface area contributed by atoms with Gasteiger partial charge in [-0.25, -0.2) is 13.5 Å². The van der Waals surface area contributed by atoms with Crippen LogP contribution in [0.5, 0.6) is 0 Å². The van der Waals surface area contributed by atoms with Crippen molar-refractivity contribution in [3.05, 3.63) is 71.1 Å². The normalized spacial score (nSPS) is 11.3. The van der Waals surface area contributed by atoms with Crippen LogP contribution in [-0.2, 0) is 6.18 Å². The van der Waals surface area contributed by atoms with Crippen LogP contribution >= 0.6 is 0 Å². The summed E-state index contributed by atoms with van der Waals surface area (Å²) in [6.07, 6.45) is -5.04. The van der Waals surface area contributed by atoms with E-state index in [0.29, 0.717) is 4.68 Å². The van der Waals surface area contributed by atoms with Crippen molar-refractivity contribution in [3.63, 3.8) is 0 Å². The van der Waals surface area contributed by atoms with Gasteiger partial charge in [-0.2, -0.15) is 13.2 Å². The molecular formula is C17H10F5N5O2. The summed E-state index contributed by atoms with van der Waals surface area (Å²) in [7, 11) is 0. The molecule has 2 amide bonds. The molecule has 150 valence electrons. The van der Waals surface area contributed by atoms with E-state index in [0.717, 1.165) is 42.5 Å². The molecule has 1 heterocycles. The zero-order valence-electron chi connectivity index (χ0n) is 14.2. The van der Waals surface area contributed by atoms with Crippen LogP contribution in [-0.4, -0.2) is 26.8 Å². The first-order valence-electron chi connectivity index (χ1n) is 7.77. The number of anilines is 1. The number of carbonyl (C=O) groups is 2. The highest BCUT2D eigenvalue weighted by atomic mass is 19.4. The number of benzene rings is 2. The molecule has 0 fully saturated rings. The minimum absolute atomic E-state index is 0.178. The number of amides is 2. The second-order valence-corrected chi connectivity index (χ2v) is 5.69. The Morgan fingerprint density at radius 3 is 2.28 bits per heavy atom. The average Bonchev–Trinajstić information content (AvgIpc) is 3.09. The molecule has 0 aliphatic carbocycles. The average molecular weight is 411 g/mol. The van der Waals surface area contributed by atoms with Crippen molar-refractivity contribution in [2.75, 3.05) is 5.32 Å². The van der Waals surface area contributed by atoms with E-state index >= 15 is 0 Å². The standard InChI is InChI=1S/C17H10F5N5O2/c18-8-1-4-10(5-2-8)27-14(17(20,21)22)13(25-26-27)16(29)24-9-3-6-12(19)11(7-9)15(23)28/h1-7H,(H2,23,28)(H,24,29).